The van der Waals surface area contributed by atoms with Crippen LogP contribution in [-0.2, 0) is 14.6 Å². The first kappa shape index (κ1) is 16.8. The van der Waals surface area contributed by atoms with Crippen molar-refractivity contribution in [1.29, 1.82) is 0 Å². The van der Waals surface area contributed by atoms with Crippen molar-refractivity contribution in [1.82, 2.24) is 0 Å². The molecule has 8 heteroatoms. The van der Waals surface area contributed by atoms with Crippen molar-refractivity contribution in [3.8, 4) is 0 Å². The Morgan fingerprint density at radius 3 is 2.50 bits per heavy atom. The lowest BCUT2D eigenvalue weighted by molar-refractivity contribution is 0.0607. The predicted octanol–water partition coefficient (Wildman–Crippen LogP) is 1.76. The summed E-state index contributed by atoms with van der Waals surface area (Å²) in [4.78, 5) is 13.6. The van der Waals surface area contributed by atoms with Crippen molar-refractivity contribution in [2.24, 2.45) is 0 Å². The maximum atomic E-state index is 11.9. The minimum Gasteiger partial charge on any atom is -0.465 e. The van der Waals surface area contributed by atoms with Crippen LogP contribution in [-0.4, -0.2) is 41.3 Å². The molecule has 0 aliphatic heterocycles. The first-order chi connectivity index (χ1) is 9.23. The fourth-order valence-electron chi connectivity index (χ4n) is 1.77. The van der Waals surface area contributed by atoms with Gasteiger partial charge in [0.1, 0.15) is 14.8 Å². The number of thiophene rings is 1. The van der Waals surface area contributed by atoms with E-state index >= 15 is 0 Å². The molecule has 1 heterocycles. The zero-order valence-electron chi connectivity index (χ0n) is 12.1. The summed E-state index contributed by atoms with van der Waals surface area (Å²) in [5, 5.41) is 0.485. The van der Waals surface area contributed by atoms with E-state index in [9.17, 15) is 13.2 Å². The molecule has 0 unspecified atom stereocenters. The number of hydrogen-bond acceptors (Lipinski definition) is 7. The summed E-state index contributed by atoms with van der Waals surface area (Å²) in [6.45, 7) is 2.74. The molecule has 6 nitrogen and oxygen atoms in total. The number of ether oxygens (including phenoxy) is 1. The van der Waals surface area contributed by atoms with E-state index in [1.807, 2.05) is 11.8 Å². The number of hydrogen-bond donors (Lipinski definition) is 1. The molecule has 2 N–H and O–H groups in total. The van der Waals surface area contributed by atoms with Gasteiger partial charge in [-0.3, -0.25) is 0 Å². The van der Waals surface area contributed by atoms with Crippen molar-refractivity contribution in [3.05, 3.63) is 4.88 Å². The van der Waals surface area contributed by atoms with E-state index in [0.717, 1.165) is 30.4 Å². The van der Waals surface area contributed by atoms with Gasteiger partial charge in [0.25, 0.3) is 0 Å². The van der Waals surface area contributed by atoms with Crippen LogP contribution in [0.3, 0.4) is 0 Å². The minimum atomic E-state index is -3.52. The Morgan fingerprint density at radius 1 is 1.45 bits per heavy atom. The molecule has 0 amide bonds. The lowest BCUT2D eigenvalue weighted by atomic mass is 10.3. The number of carbonyl (C=O) groups excluding carboxylic acids is 1. The number of unbranched alkanes of at least 4 members (excludes halogenated alkanes) is 1. The number of esters is 1. The molecule has 0 atom stereocenters. The van der Waals surface area contributed by atoms with Gasteiger partial charge in [0.2, 0.25) is 0 Å². The molecule has 0 saturated heterocycles. The van der Waals surface area contributed by atoms with Gasteiger partial charge in [-0.05, 0) is 6.42 Å². The summed E-state index contributed by atoms with van der Waals surface area (Å²) in [5.41, 5.74) is 5.81. The van der Waals surface area contributed by atoms with Gasteiger partial charge >= 0.3 is 5.97 Å². The van der Waals surface area contributed by atoms with E-state index in [4.69, 9.17) is 5.73 Å². The molecule has 0 bridgehead atoms. The van der Waals surface area contributed by atoms with Gasteiger partial charge in [-0.15, -0.1) is 11.3 Å². The van der Waals surface area contributed by atoms with E-state index in [-0.39, 0.29) is 15.5 Å². The van der Waals surface area contributed by atoms with Crippen molar-refractivity contribution in [2.75, 3.05) is 37.6 Å². The average molecular weight is 320 g/mol. The van der Waals surface area contributed by atoms with Crippen LogP contribution in [0.15, 0.2) is 4.90 Å². The van der Waals surface area contributed by atoms with Crippen LogP contribution in [0.2, 0.25) is 0 Å². The third-order valence-electron chi connectivity index (χ3n) is 2.82. The van der Waals surface area contributed by atoms with Crippen molar-refractivity contribution >= 4 is 37.8 Å². The Hall–Kier alpha value is -1.28. The monoisotopic (exact) mass is 320 g/mol. The van der Waals surface area contributed by atoms with Gasteiger partial charge < -0.3 is 15.4 Å². The van der Waals surface area contributed by atoms with E-state index in [2.05, 4.69) is 4.74 Å². The molecular weight excluding hydrogens is 300 g/mol. The minimum absolute atomic E-state index is 0.0153. The van der Waals surface area contributed by atoms with Crippen LogP contribution in [0.4, 0.5) is 10.7 Å². The molecule has 1 rings (SSSR count). The van der Waals surface area contributed by atoms with Crippen LogP contribution in [0.5, 0.6) is 0 Å². The van der Waals surface area contributed by atoms with Crippen LogP contribution in [0.25, 0.3) is 0 Å². The van der Waals surface area contributed by atoms with Gasteiger partial charge in [0.05, 0.1) is 12.8 Å². The third-order valence-corrected chi connectivity index (χ3v) is 5.40. The fourth-order valence-corrected chi connectivity index (χ4v) is 4.41. The SMILES string of the molecule is CCCCN(C)c1sc(C(=O)OC)c(N)c1S(C)(=O)=O. The Balaban J connectivity index is 3.39. The summed E-state index contributed by atoms with van der Waals surface area (Å²) in [6, 6.07) is 0. The molecule has 1 aromatic rings. The highest BCUT2D eigenvalue weighted by Crippen LogP contribution is 2.41. The Labute approximate surface area is 123 Å². The van der Waals surface area contributed by atoms with Gasteiger partial charge in [-0.2, -0.15) is 0 Å². The van der Waals surface area contributed by atoms with Crippen molar-refractivity contribution in [2.45, 2.75) is 24.7 Å². The average Bonchev–Trinajstić information content (AvgIpc) is 2.72. The van der Waals surface area contributed by atoms with Gasteiger partial charge in [-0.25, -0.2) is 13.2 Å². The van der Waals surface area contributed by atoms with Crippen LogP contribution in [0.1, 0.15) is 29.4 Å². The fraction of sp³-hybridized carbons (Fsp3) is 0.583. The van der Waals surface area contributed by atoms with E-state index < -0.39 is 15.8 Å². The normalized spacial score (nSPS) is 11.4. The van der Waals surface area contributed by atoms with Crippen LogP contribution < -0.4 is 10.6 Å². The summed E-state index contributed by atoms with van der Waals surface area (Å²) in [6.07, 6.45) is 3.00. The first-order valence-electron chi connectivity index (χ1n) is 6.15. The summed E-state index contributed by atoms with van der Waals surface area (Å²) < 4.78 is 28.5. The number of nitrogen functional groups attached to an aromatic ring is 1. The Bertz CT molecular complexity index is 593. The zero-order valence-corrected chi connectivity index (χ0v) is 13.7. The Morgan fingerprint density at radius 2 is 2.05 bits per heavy atom. The summed E-state index contributed by atoms with van der Waals surface area (Å²) >= 11 is 1.05. The van der Waals surface area contributed by atoms with Crippen LogP contribution >= 0.6 is 11.3 Å². The van der Waals surface area contributed by atoms with Gasteiger partial charge in [-0.1, -0.05) is 13.3 Å². The molecule has 0 spiro atoms. The highest BCUT2D eigenvalue weighted by molar-refractivity contribution is 7.91. The topological polar surface area (TPSA) is 89.7 Å². The number of carbonyl (C=O) groups is 1. The van der Waals surface area contributed by atoms with Crippen molar-refractivity contribution in [3.63, 3.8) is 0 Å². The highest BCUT2D eigenvalue weighted by atomic mass is 32.2. The number of sulfone groups is 1. The molecule has 0 aliphatic carbocycles. The molecule has 114 valence electrons. The predicted molar refractivity (Wildman–Crippen MR) is 81.4 cm³/mol. The van der Waals surface area contributed by atoms with Gasteiger partial charge in [0.15, 0.2) is 9.84 Å². The molecular formula is C12H20N2O4S2. The molecule has 0 saturated carbocycles. The quantitative estimate of drug-likeness (QED) is 0.803. The summed E-state index contributed by atoms with van der Waals surface area (Å²) in [5.74, 6) is -0.618. The van der Waals surface area contributed by atoms with Crippen molar-refractivity contribution < 1.29 is 17.9 Å². The molecule has 0 aliphatic rings. The van der Waals surface area contributed by atoms with Gasteiger partial charge in [0, 0.05) is 19.8 Å². The molecule has 0 radical (unpaired) electrons. The molecule has 20 heavy (non-hydrogen) atoms. The lowest BCUT2D eigenvalue weighted by Gasteiger charge is -2.18. The second kappa shape index (κ2) is 6.45. The number of anilines is 2. The number of methoxy groups -OCH3 is 1. The smallest absolute Gasteiger partial charge is 0.350 e. The zero-order chi connectivity index (χ0) is 15.5. The Kier molecular flexibility index (Phi) is 5.41. The largest absolute Gasteiger partial charge is 0.465 e. The first-order valence-corrected chi connectivity index (χ1v) is 8.86. The van der Waals surface area contributed by atoms with Crippen LogP contribution in [0, 0.1) is 0 Å². The second-order valence-electron chi connectivity index (χ2n) is 4.52. The lowest BCUT2D eigenvalue weighted by Crippen LogP contribution is -2.19. The van der Waals surface area contributed by atoms with E-state index in [1.165, 1.54) is 7.11 Å². The second-order valence-corrected chi connectivity index (χ2v) is 7.47. The number of nitrogens with two attached hydrogens (primary N) is 1. The molecule has 0 aromatic carbocycles. The number of nitrogens with zero attached hydrogens (tertiary/aromatic N) is 1. The summed E-state index contributed by atoms with van der Waals surface area (Å²) in [7, 11) is -0.493. The maximum Gasteiger partial charge on any atom is 0.350 e. The standard InChI is InChI=1S/C12H20N2O4S2/c1-5-6-7-14(2)11-10(20(4,16)17)8(13)9(19-11)12(15)18-3/h5-7,13H2,1-4H3. The number of rotatable bonds is 6. The third kappa shape index (κ3) is 3.43. The van der Waals surface area contributed by atoms with E-state index in [1.54, 1.807) is 7.05 Å². The molecule has 1 aromatic heterocycles. The van der Waals surface area contributed by atoms with E-state index in [0.29, 0.717) is 11.5 Å². The maximum absolute atomic E-state index is 11.9. The highest BCUT2D eigenvalue weighted by Gasteiger charge is 2.29. The molecule has 0 fully saturated rings.